The van der Waals surface area contributed by atoms with Gasteiger partial charge in [0, 0.05) is 25.4 Å². The minimum absolute atomic E-state index is 0.242. The maximum absolute atomic E-state index is 9.04. The second kappa shape index (κ2) is 2.88. The molecule has 0 spiro atoms. The summed E-state index contributed by atoms with van der Waals surface area (Å²) >= 11 is 0. The summed E-state index contributed by atoms with van der Waals surface area (Å²) in [4.78, 5) is 0. The fourth-order valence-electron chi connectivity index (χ4n) is 1.01. The van der Waals surface area contributed by atoms with Crippen molar-refractivity contribution in [2.24, 2.45) is 7.05 Å². The molecular formula is C8H13NO. The Morgan fingerprint density at radius 1 is 1.70 bits per heavy atom. The molecule has 0 aliphatic carbocycles. The number of rotatable bonds is 2. The highest BCUT2D eigenvalue weighted by atomic mass is 16.3. The molecule has 1 N–H and O–H groups in total. The average Bonchev–Trinajstić information content (AvgIpc) is 2.15. The van der Waals surface area contributed by atoms with E-state index in [2.05, 4.69) is 0 Å². The van der Waals surface area contributed by atoms with E-state index in [0.717, 1.165) is 6.42 Å². The van der Waals surface area contributed by atoms with Crippen LogP contribution in [0.2, 0.25) is 0 Å². The average molecular weight is 139 g/mol. The number of hydrogen-bond acceptors (Lipinski definition) is 1. The van der Waals surface area contributed by atoms with E-state index in [1.54, 1.807) is 6.92 Å². The van der Waals surface area contributed by atoms with Crippen LogP contribution >= 0.6 is 0 Å². The van der Waals surface area contributed by atoms with Crippen LogP contribution < -0.4 is 0 Å². The normalized spacial score (nSPS) is 13.5. The second-order valence-corrected chi connectivity index (χ2v) is 2.66. The van der Waals surface area contributed by atoms with Gasteiger partial charge in [0.25, 0.3) is 0 Å². The van der Waals surface area contributed by atoms with E-state index in [1.165, 1.54) is 5.69 Å². The Hall–Kier alpha value is -0.760. The molecule has 1 unspecified atom stereocenters. The van der Waals surface area contributed by atoms with Crippen LogP contribution in [0.15, 0.2) is 18.3 Å². The van der Waals surface area contributed by atoms with Gasteiger partial charge in [0.1, 0.15) is 0 Å². The second-order valence-electron chi connectivity index (χ2n) is 2.66. The lowest BCUT2D eigenvalue weighted by atomic mass is 10.2. The van der Waals surface area contributed by atoms with Gasteiger partial charge in [0.2, 0.25) is 0 Å². The highest BCUT2D eigenvalue weighted by Crippen LogP contribution is 2.02. The molecular weight excluding hydrogens is 126 g/mol. The highest BCUT2D eigenvalue weighted by Gasteiger charge is 2.00. The topological polar surface area (TPSA) is 25.2 Å². The van der Waals surface area contributed by atoms with Crippen LogP contribution in [0.25, 0.3) is 0 Å². The van der Waals surface area contributed by atoms with Crippen molar-refractivity contribution >= 4 is 0 Å². The van der Waals surface area contributed by atoms with Crippen LogP contribution in [0.1, 0.15) is 12.6 Å². The molecule has 56 valence electrons. The minimum Gasteiger partial charge on any atom is -0.393 e. The molecule has 0 fully saturated rings. The highest BCUT2D eigenvalue weighted by molar-refractivity contribution is 5.07. The number of hydrogen-bond donors (Lipinski definition) is 1. The van der Waals surface area contributed by atoms with Gasteiger partial charge in [-0.1, -0.05) is 0 Å². The first-order chi connectivity index (χ1) is 4.70. The molecule has 0 aliphatic heterocycles. The van der Waals surface area contributed by atoms with Crippen molar-refractivity contribution in [2.45, 2.75) is 19.4 Å². The van der Waals surface area contributed by atoms with Gasteiger partial charge in [-0.2, -0.15) is 0 Å². The zero-order valence-electron chi connectivity index (χ0n) is 6.41. The van der Waals surface area contributed by atoms with Crippen LogP contribution in [-0.2, 0) is 13.5 Å². The summed E-state index contributed by atoms with van der Waals surface area (Å²) in [6.07, 6.45) is 2.48. The van der Waals surface area contributed by atoms with Crippen molar-refractivity contribution in [1.82, 2.24) is 4.57 Å². The number of nitrogens with zero attached hydrogens (tertiary/aromatic N) is 1. The van der Waals surface area contributed by atoms with E-state index >= 15 is 0 Å². The van der Waals surface area contributed by atoms with Crippen LogP contribution in [-0.4, -0.2) is 15.8 Å². The third-order valence-electron chi connectivity index (χ3n) is 1.56. The summed E-state index contributed by atoms with van der Waals surface area (Å²) < 4.78 is 2.02. The molecule has 1 aromatic heterocycles. The van der Waals surface area contributed by atoms with Crippen molar-refractivity contribution in [1.29, 1.82) is 0 Å². The first kappa shape index (κ1) is 7.35. The summed E-state index contributed by atoms with van der Waals surface area (Å²) in [5.41, 5.74) is 1.18. The van der Waals surface area contributed by atoms with Gasteiger partial charge < -0.3 is 9.67 Å². The van der Waals surface area contributed by atoms with E-state index in [4.69, 9.17) is 5.11 Å². The van der Waals surface area contributed by atoms with E-state index in [1.807, 2.05) is 29.9 Å². The largest absolute Gasteiger partial charge is 0.393 e. The minimum atomic E-state index is -0.242. The molecule has 0 aliphatic rings. The van der Waals surface area contributed by atoms with E-state index in [-0.39, 0.29) is 6.10 Å². The lowest BCUT2D eigenvalue weighted by molar-refractivity contribution is 0.193. The number of aryl methyl sites for hydroxylation is 1. The summed E-state index contributed by atoms with van der Waals surface area (Å²) in [6, 6.07) is 4.00. The predicted molar refractivity (Wildman–Crippen MR) is 40.8 cm³/mol. The van der Waals surface area contributed by atoms with Crippen LogP contribution in [0.4, 0.5) is 0 Å². The standard InChI is InChI=1S/C8H13NO/c1-7(10)6-8-4-3-5-9(8)2/h3-5,7,10H,6H2,1-2H3. The molecule has 1 atom stereocenters. The van der Waals surface area contributed by atoms with Gasteiger partial charge in [0.15, 0.2) is 0 Å². The summed E-state index contributed by atoms with van der Waals surface area (Å²) in [6.45, 7) is 1.80. The maximum Gasteiger partial charge on any atom is 0.0566 e. The van der Waals surface area contributed by atoms with Gasteiger partial charge in [-0.05, 0) is 19.1 Å². The molecule has 0 saturated heterocycles. The molecule has 0 bridgehead atoms. The Morgan fingerprint density at radius 3 is 2.80 bits per heavy atom. The van der Waals surface area contributed by atoms with Crippen molar-refractivity contribution in [3.63, 3.8) is 0 Å². The van der Waals surface area contributed by atoms with Crippen molar-refractivity contribution in [3.05, 3.63) is 24.0 Å². The molecule has 0 saturated carbocycles. The SMILES string of the molecule is CC(O)Cc1cccn1C. The van der Waals surface area contributed by atoms with Crippen molar-refractivity contribution in [3.8, 4) is 0 Å². The molecule has 10 heavy (non-hydrogen) atoms. The molecule has 1 heterocycles. The third kappa shape index (κ3) is 1.61. The molecule has 1 aromatic rings. The molecule has 2 nitrogen and oxygen atoms in total. The summed E-state index contributed by atoms with van der Waals surface area (Å²) in [5, 5.41) is 9.04. The fourth-order valence-corrected chi connectivity index (χ4v) is 1.01. The molecule has 0 aromatic carbocycles. The maximum atomic E-state index is 9.04. The lowest BCUT2D eigenvalue weighted by Gasteiger charge is -2.04. The van der Waals surface area contributed by atoms with Crippen molar-refractivity contribution < 1.29 is 5.11 Å². The number of aliphatic hydroxyl groups is 1. The number of aliphatic hydroxyl groups excluding tert-OH is 1. The first-order valence-corrected chi connectivity index (χ1v) is 3.48. The third-order valence-corrected chi connectivity index (χ3v) is 1.56. The van der Waals surface area contributed by atoms with Gasteiger partial charge in [0.05, 0.1) is 6.10 Å². The number of aromatic nitrogens is 1. The Balaban J connectivity index is 2.65. The van der Waals surface area contributed by atoms with Gasteiger partial charge in [-0.25, -0.2) is 0 Å². The van der Waals surface area contributed by atoms with Gasteiger partial charge in [-0.3, -0.25) is 0 Å². The smallest absolute Gasteiger partial charge is 0.0566 e. The first-order valence-electron chi connectivity index (χ1n) is 3.48. The van der Waals surface area contributed by atoms with Crippen molar-refractivity contribution in [2.75, 3.05) is 0 Å². The van der Waals surface area contributed by atoms with Crippen LogP contribution in [0.5, 0.6) is 0 Å². The molecule has 1 rings (SSSR count). The van der Waals surface area contributed by atoms with E-state index < -0.39 is 0 Å². The monoisotopic (exact) mass is 139 g/mol. The molecule has 2 heteroatoms. The fraction of sp³-hybridized carbons (Fsp3) is 0.500. The Kier molecular flexibility index (Phi) is 2.12. The zero-order valence-corrected chi connectivity index (χ0v) is 6.41. The van der Waals surface area contributed by atoms with E-state index in [9.17, 15) is 0 Å². The Bertz CT molecular complexity index is 203. The summed E-state index contributed by atoms with van der Waals surface area (Å²) in [7, 11) is 1.98. The Labute approximate surface area is 61.1 Å². The lowest BCUT2D eigenvalue weighted by Crippen LogP contribution is -2.07. The van der Waals surface area contributed by atoms with E-state index in [0.29, 0.717) is 0 Å². The van der Waals surface area contributed by atoms with Crippen LogP contribution in [0, 0.1) is 0 Å². The quantitative estimate of drug-likeness (QED) is 0.648. The van der Waals surface area contributed by atoms with Gasteiger partial charge >= 0.3 is 0 Å². The van der Waals surface area contributed by atoms with Crippen LogP contribution in [0.3, 0.4) is 0 Å². The summed E-state index contributed by atoms with van der Waals surface area (Å²) in [5.74, 6) is 0. The molecule has 0 radical (unpaired) electrons. The zero-order chi connectivity index (χ0) is 7.56. The molecule has 0 amide bonds. The predicted octanol–water partition coefficient (Wildman–Crippen LogP) is 0.948. The van der Waals surface area contributed by atoms with Gasteiger partial charge in [-0.15, -0.1) is 0 Å². The Morgan fingerprint density at radius 2 is 2.40 bits per heavy atom.